The lowest BCUT2D eigenvalue weighted by Crippen LogP contribution is -2.43. The first kappa shape index (κ1) is 10.7. The molecule has 0 spiro atoms. The van der Waals surface area contributed by atoms with Gasteiger partial charge in [0.1, 0.15) is 6.10 Å². The Morgan fingerprint density at radius 1 is 1.44 bits per heavy atom. The lowest BCUT2D eigenvalue weighted by Gasteiger charge is -2.34. The molecule has 86 valence electrons. The Kier molecular flexibility index (Phi) is 2.45. The van der Waals surface area contributed by atoms with Crippen LogP contribution in [0.4, 0.5) is 8.78 Å². The molecule has 1 N–H and O–H groups in total. The maximum absolute atomic E-state index is 12.5. The fraction of sp³-hybridized carbons (Fsp3) is 0.444. The van der Waals surface area contributed by atoms with Gasteiger partial charge in [0.05, 0.1) is 12.4 Å². The molecule has 1 saturated carbocycles. The number of carboxylic acid groups (broad SMARTS) is 1. The summed E-state index contributed by atoms with van der Waals surface area (Å²) in [5, 5.41) is 8.54. The van der Waals surface area contributed by atoms with Gasteiger partial charge in [-0.2, -0.15) is 0 Å². The topological polar surface area (TPSA) is 72.3 Å². The number of aromatic nitrogens is 2. The summed E-state index contributed by atoms with van der Waals surface area (Å²) in [6, 6.07) is 0. The van der Waals surface area contributed by atoms with Gasteiger partial charge in [-0.15, -0.1) is 0 Å². The average molecular weight is 230 g/mol. The van der Waals surface area contributed by atoms with Crippen molar-refractivity contribution in [3.63, 3.8) is 0 Å². The van der Waals surface area contributed by atoms with Gasteiger partial charge in [-0.25, -0.2) is 23.5 Å². The van der Waals surface area contributed by atoms with Crippen molar-refractivity contribution in [2.24, 2.45) is 0 Å². The van der Waals surface area contributed by atoms with Crippen LogP contribution < -0.4 is 4.74 Å². The molecule has 0 unspecified atom stereocenters. The third kappa shape index (κ3) is 2.23. The molecule has 5 nitrogen and oxygen atoms in total. The van der Waals surface area contributed by atoms with Crippen LogP contribution in [0, 0.1) is 0 Å². The first-order chi connectivity index (χ1) is 7.46. The van der Waals surface area contributed by atoms with E-state index in [0.717, 1.165) is 12.4 Å². The highest BCUT2D eigenvalue weighted by atomic mass is 19.3. The maximum atomic E-state index is 12.5. The Morgan fingerprint density at radius 3 is 2.56 bits per heavy atom. The van der Waals surface area contributed by atoms with Gasteiger partial charge >= 0.3 is 5.97 Å². The molecule has 0 aromatic carbocycles. The molecule has 1 aromatic heterocycles. The molecule has 0 saturated heterocycles. The van der Waals surface area contributed by atoms with Crippen molar-refractivity contribution in [2.45, 2.75) is 24.9 Å². The van der Waals surface area contributed by atoms with Crippen molar-refractivity contribution in [2.75, 3.05) is 0 Å². The lowest BCUT2D eigenvalue weighted by molar-refractivity contribution is -0.135. The number of hydrogen-bond acceptors (Lipinski definition) is 4. The molecule has 1 heterocycles. The van der Waals surface area contributed by atoms with Crippen molar-refractivity contribution < 1.29 is 23.4 Å². The number of ether oxygens (including phenoxy) is 1. The van der Waals surface area contributed by atoms with Gasteiger partial charge in [0.15, 0.2) is 5.69 Å². The Labute approximate surface area is 89.1 Å². The normalized spacial score (nSPS) is 18.9. The van der Waals surface area contributed by atoms with Gasteiger partial charge in [0.25, 0.3) is 5.92 Å². The molecule has 0 bridgehead atoms. The van der Waals surface area contributed by atoms with E-state index in [4.69, 9.17) is 9.84 Å². The summed E-state index contributed by atoms with van der Waals surface area (Å²) in [7, 11) is 0. The zero-order valence-corrected chi connectivity index (χ0v) is 8.06. The Bertz CT molecular complexity index is 400. The van der Waals surface area contributed by atoms with Crippen molar-refractivity contribution in [3.8, 4) is 5.88 Å². The second-order valence-electron chi connectivity index (χ2n) is 3.55. The van der Waals surface area contributed by atoms with E-state index in [1.54, 1.807) is 0 Å². The van der Waals surface area contributed by atoms with Crippen LogP contribution in [0.15, 0.2) is 12.4 Å². The van der Waals surface area contributed by atoms with E-state index in [2.05, 4.69) is 9.97 Å². The van der Waals surface area contributed by atoms with Gasteiger partial charge in [-0.1, -0.05) is 0 Å². The molecule has 0 atom stereocenters. The van der Waals surface area contributed by atoms with E-state index in [1.807, 2.05) is 0 Å². The number of aromatic carboxylic acids is 1. The highest BCUT2D eigenvalue weighted by Gasteiger charge is 2.47. The molecule has 0 aliphatic heterocycles. The van der Waals surface area contributed by atoms with Crippen LogP contribution in [-0.4, -0.2) is 33.1 Å². The molecule has 1 aromatic rings. The average Bonchev–Trinajstić information content (AvgIpc) is 2.15. The van der Waals surface area contributed by atoms with Crippen LogP contribution in [0.3, 0.4) is 0 Å². The summed E-state index contributed by atoms with van der Waals surface area (Å²) < 4.78 is 30.0. The molecule has 0 amide bonds. The van der Waals surface area contributed by atoms with Crippen molar-refractivity contribution in [1.82, 2.24) is 9.97 Å². The summed E-state index contributed by atoms with van der Waals surface area (Å²) in [6.07, 6.45) is 0.888. The molecule has 1 aliphatic carbocycles. The number of nitrogens with zero attached hydrogens (tertiary/aromatic N) is 2. The largest absolute Gasteiger partial charge is 0.476 e. The fourth-order valence-corrected chi connectivity index (χ4v) is 1.35. The molecule has 16 heavy (non-hydrogen) atoms. The highest BCUT2D eigenvalue weighted by Crippen LogP contribution is 2.39. The van der Waals surface area contributed by atoms with Crippen molar-refractivity contribution in [1.29, 1.82) is 0 Å². The maximum Gasteiger partial charge on any atom is 0.356 e. The minimum Gasteiger partial charge on any atom is -0.476 e. The minimum absolute atomic E-state index is 0.0606. The number of hydrogen-bond donors (Lipinski definition) is 1. The first-order valence-corrected chi connectivity index (χ1v) is 4.56. The monoisotopic (exact) mass is 230 g/mol. The second kappa shape index (κ2) is 3.66. The third-order valence-corrected chi connectivity index (χ3v) is 2.19. The van der Waals surface area contributed by atoms with Crippen LogP contribution >= 0.6 is 0 Å². The summed E-state index contributed by atoms with van der Waals surface area (Å²) >= 11 is 0. The third-order valence-electron chi connectivity index (χ3n) is 2.19. The summed E-state index contributed by atoms with van der Waals surface area (Å²) in [5.41, 5.74) is -0.216. The number of carboxylic acids is 1. The van der Waals surface area contributed by atoms with Crippen LogP contribution in [0.5, 0.6) is 5.88 Å². The van der Waals surface area contributed by atoms with E-state index in [0.29, 0.717) is 0 Å². The second-order valence-corrected chi connectivity index (χ2v) is 3.55. The van der Waals surface area contributed by atoms with Crippen LogP contribution in [0.25, 0.3) is 0 Å². The molecular weight excluding hydrogens is 222 g/mol. The van der Waals surface area contributed by atoms with Crippen molar-refractivity contribution >= 4 is 5.97 Å². The Morgan fingerprint density at radius 2 is 2.12 bits per heavy atom. The Balaban J connectivity index is 1.94. The summed E-state index contributed by atoms with van der Waals surface area (Å²) in [5.74, 6) is -3.79. The standard InChI is InChI=1S/C9H8F2N2O3/c10-9(11)1-5(2-9)16-7-4-12-6(3-13-7)8(14)15/h3-5H,1-2H2,(H,14,15). The Hall–Kier alpha value is -1.79. The number of carbonyl (C=O) groups is 1. The van der Waals surface area contributed by atoms with Crippen LogP contribution in [0.1, 0.15) is 23.3 Å². The quantitative estimate of drug-likeness (QED) is 0.848. The predicted octanol–water partition coefficient (Wildman–Crippen LogP) is 1.35. The summed E-state index contributed by atoms with van der Waals surface area (Å²) in [6.45, 7) is 0. The van der Waals surface area contributed by atoms with E-state index in [-0.39, 0.29) is 24.4 Å². The lowest BCUT2D eigenvalue weighted by atomic mass is 9.91. The molecule has 0 radical (unpaired) electrons. The van der Waals surface area contributed by atoms with E-state index < -0.39 is 18.0 Å². The van der Waals surface area contributed by atoms with Gasteiger partial charge < -0.3 is 9.84 Å². The van der Waals surface area contributed by atoms with Gasteiger partial charge in [-0.3, -0.25) is 0 Å². The van der Waals surface area contributed by atoms with E-state index in [9.17, 15) is 13.6 Å². The molecule has 7 heteroatoms. The number of halogens is 2. The van der Waals surface area contributed by atoms with Gasteiger partial charge in [0.2, 0.25) is 5.88 Å². The van der Waals surface area contributed by atoms with Crippen molar-refractivity contribution in [3.05, 3.63) is 18.1 Å². The van der Waals surface area contributed by atoms with Crippen LogP contribution in [0.2, 0.25) is 0 Å². The van der Waals surface area contributed by atoms with E-state index >= 15 is 0 Å². The molecular formula is C9H8F2N2O3. The fourth-order valence-electron chi connectivity index (χ4n) is 1.35. The molecule has 2 rings (SSSR count). The van der Waals surface area contributed by atoms with Gasteiger partial charge in [-0.05, 0) is 0 Å². The first-order valence-electron chi connectivity index (χ1n) is 4.56. The predicted molar refractivity (Wildman–Crippen MR) is 47.6 cm³/mol. The zero-order chi connectivity index (χ0) is 11.8. The minimum atomic E-state index is -2.65. The molecule has 1 aliphatic rings. The molecule has 1 fully saturated rings. The SMILES string of the molecule is O=C(O)c1cnc(OC2CC(F)(F)C2)cn1. The summed E-state index contributed by atoms with van der Waals surface area (Å²) in [4.78, 5) is 17.7. The highest BCUT2D eigenvalue weighted by molar-refractivity contribution is 5.84. The number of rotatable bonds is 3. The van der Waals surface area contributed by atoms with Crippen LogP contribution in [-0.2, 0) is 0 Å². The smallest absolute Gasteiger partial charge is 0.356 e. The van der Waals surface area contributed by atoms with Gasteiger partial charge in [0, 0.05) is 12.8 Å². The zero-order valence-electron chi connectivity index (χ0n) is 8.06. The van der Waals surface area contributed by atoms with E-state index in [1.165, 1.54) is 0 Å². The number of alkyl halides is 2.